The van der Waals surface area contributed by atoms with Crippen LogP contribution in [-0.4, -0.2) is 64.5 Å². The molecule has 2 aliphatic heterocycles. The predicted octanol–water partition coefficient (Wildman–Crippen LogP) is 2.88. The van der Waals surface area contributed by atoms with E-state index in [1.54, 1.807) is 12.3 Å². The number of hydrogen-bond donors (Lipinski definition) is 2. The fraction of sp³-hybridized carbons (Fsp3) is 0.500. The Morgan fingerprint density at radius 2 is 2.08 bits per heavy atom. The maximum Gasteiger partial charge on any atom is 0.407 e. The number of rotatable bonds is 3. The van der Waals surface area contributed by atoms with Gasteiger partial charge in [-0.3, -0.25) is 0 Å². The fourth-order valence-corrected chi connectivity index (χ4v) is 4.67. The Morgan fingerprint density at radius 3 is 2.73 bits per heavy atom. The molecule has 1 spiro atoms. The van der Waals surface area contributed by atoms with E-state index in [9.17, 15) is 4.79 Å². The Bertz CT molecular complexity index is 828. The number of anilines is 2. The summed E-state index contributed by atoms with van der Waals surface area (Å²) in [6, 6.07) is 1.77. The van der Waals surface area contributed by atoms with Crippen LogP contribution >= 0.6 is 22.9 Å². The highest BCUT2D eigenvalue weighted by atomic mass is 35.5. The zero-order valence-electron chi connectivity index (χ0n) is 14.3. The molecule has 138 valence electrons. The number of halogens is 1. The molecule has 26 heavy (non-hydrogen) atoms. The van der Waals surface area contributed by atoms with E-state index < -0.39 is 6.09 Å². The molecule has 4 rings (SSSR count). The summed E-state index contributed by atoms with van der Waals surface area (Å²) in [4.78, 5) is 18.9. The van der Waals surface area contributed by atoms with Crippen LogP contribution in [0.4, 0.5) is 15.6 Å². The van der Waals surface area contributed by atoms with Crippen molar-refractivity contribution in [3.05, 3.63) is 17.4 Å². The summed E-state index contributed by atoms with van der Waals surface area (Å²) in [5.41, 5.74) is 1.97. The Labute approximate surface area is 159 Å². The molecule has 0 atom stereocenters. The van der Waals surface area contributed by atoms with Gasteiger partial charge in [0, 0.05) is 50.5 Å². The number of amides is 1. The quantitative estimate of drug-likeness (QED) is 0.773. The number of nitrogens with one attached hydrogen (secondary N) is 1. The van der Waals surface area contributed by atoms with Gasteiger partial charge < -0.3 is 20.2 Å². The molecule has 2 fully saturated rings. The molecule has 4 heterocycles. The van der Waals surface area contributed by atoms with Crippen LogP contribution < -0.4 is 10.2 Å². The van der Waals surface area contributed by atoms with E-state index in [0.717, 1.165) is 47.3 Å². The van der Waals surface area contributed by atoms with Crippen LogP contribution in [0.2, 0.25) is 5.15 Å². The SMILES string of the molecule is CNc1cc(Cl)ncc1-c1nnc(N2CC3(CCN(C(=O)O)CC3)C2)s1. The summed E-state index contributed by atoms with van der Waals surface area (Å²) in [6.45, 7) is 3.05. The average Bonchev–Trinajstić information content (AvgIpc) is 3.09. The number of nitrogens with zero attached hydrogens (tertiary/aromatic N) is 5. The van der Waals surface area contributed by atoms with Gasteiger partial charge >= 0.3 is 6.09 Å². The largest absolute Gasteiger partial charge is 0.465 e. The standard InChI is InChI=1S/C16H19ClN6O2S/c1-18-11-6-12(17)19-7-10(11)13-20-21-14(26-13)23-8-16(9-23)2-4-22(5-3-16)15(24)25/h6-7H,2-5,8-9H2,1H3,(H,18,19)(H,24,25). The van der Waals surface area contributed by atoms with Gasteiger partial charge in [-0.05, 0) is 18.9 Å². The van der Waals surface area contributed by atoms with Gasteiger partial charge in [-0.25, -0.2) is 9.78 Å². The molecule has 0 aromatic carbocycles. The molecule has 10 heteroatoms. The molecule has 2 saturated heterocycles. The molecule has 2 aromatic heterocycles. The van der Waals surface area contributed by atoms with Crippen LogP contribution in [0.25, 0.3) is 10.6 Å². The third-order valence-corrected chi connectivity index (χ3v) is 6.43. The smallest absolute Gasteiger partial charge is 0.407 e. The second kappa shape index (κ2) is 6.55. The highest BCUT2D eigenvalue weighted by molar-refractivity contribution is 7.18. The zero-order valence-corrected chi connectivity index (χ0v) is 15.8. The number of likely N-dealkylation sites (tertiary alicyclic amines) is 1. The van der Waals surface area contributed by atoms with Crippen LogP contribution in [0.3, 0.4) is 0 Å². The summed E-state index contributed by atoms with van der Waals surface area (Å²) in [5, 5.41) is 23.0. The van der Waals surface area contributed by atoms with Crippen molar-refractivity contribution in [2.24, 2.45) is 5.41 Å². The first kappa shape index (κ1) is 17.3. The first-order valence-corrected chi connectivity index (χ1v) is 9.59. The van der Waals surface area contributed by atoms with E-state index in [1.165, 1.54) is 16.2 Å². The van der Waals surface area contributed by atoms with E-state index in [2.05, 4.69) is 25.4 Å². The van der Waals surface area contributed by atoms with E-state index in [1.807, 2.05) is 7.05 Å². The van der Waals surface area contributed by atoms with Crippen LogP contribution in [0.15, 0.2) is 12.3 Å². The maximum atomic E-state index is 11.0. The van der Waals surface area contributed by atoms with Gasteiger partial charge in [0.2, 0.25) is 5.13 Å². The van der Waals surface area contributed by atoms with Crippen molar-refractivity contribution in [1.82, 2.24) is 20.1 Å². The van der Waals surface area contributed by atoms with Crippen molar-refractivity contribution in [2.45, 2.75) is 12.8 Å². The van der Waals surface area contributed by atoms with Crippen molar-refractivity contribution in [2.75, 3.05) is 43.4 Å². The minimum atomic E-state index is -0.818. The van der Waals surface area contributed by atoms with Crippen LogP contribution in [0.1, 0.15) is 12.8 Å². The zero-order chi connectivity index (χ0) is 18.3. The van der Waals surface area contributed by atoms with Crippen molar-refractivity contribution >= 4 is 39.8 Å². The van der Waals surface area contributed by atoms with E-state index in [0.29, 0.717) is 18.2 Å². The van der Waals surface area contributed by atoms with Crippen LogP contribution in [-0.2, 0) is 0 Å². The van der Waals surface area contributed by atoms with Gasteiger partial charge in [0.1, 0.15) is 5.15 Å². The molecule has 1 amide bonds. The molecule has 0 unspecified atom stereocenters. The van der Waals surface area contributed by atoms with Crippen LogP contribution in [0, 0.1) is 5.41 Å². The monoisotopic (exact) mass is 394 g/mol. The third kappa shape index (κ3) is 3.05. The highest BCUT2D eigenvalue weighted by Crippen LogP contribution is 2.44. The Balaban J connectivity index is 1.44. The van der Waals surface area contributed by atoms with Crippen molar-refractivity contribution in [3.63, 3.8) is 0 Å². The molecule has 0 radical (unpaired) electrons. The van der Waals surface area contributed by atoms with Gasteiger partial charge in [0.05, 0.1) is 5.56 Å². The van der Waals surface area contributed by atoms with Crippen molar-refractivity contribution < 1.29 is 9.90 Å². The fourth-order valence-electron chi connectivity index (χ4n) is 3.65. The van der Waals surface area contributed by atoms with Gasteiger partial charge in [0.15, 0.2) is 5.01 Å². The number of carboxylic acid groups (broad SMARTS) is 1. The average molecular weight is 395 g/mol. The van der Waals surface area contributed by atoms with E-state index in [-0.39, 0.29) is 5.41 Å². The first-order valence-electron chi connectivity index (χ1n) is 8.40. The Morgan fingerprint density at radius 1 is 1.35 bits per heavy atom. The third-order valence-electron chi connectivity index (χ3n) is 5.20. The summed E-state index contributed by atoms with van der Waals surface area (Å²) in [7, 11) is 1.83. The predicted molar refractivity (Wildman–Crippen MR) is 101 cm³/mol. The molecule has 2 N–H and O–H groups in total. The Hall–Kier alpha value is -2.13. The Kier molecular flexibility index (Phi) is 4.36. The summed E-state index contributed by atoms with van der Waals surface area (Å²) >= 11 is 7.48. The summed E-state index contributed by atoms with van der Waals surface area (Å²) in [6.07, 6.45) is 2.71. The second-order valence-electron chi connectivity index (χ2n) is 6.82. The molecule has 2 aliphatic rings. The molecule has 0 aliphatic carbocycles. The summed E-state index contributed by atoms with van der Waals surface area (Å²) < 4.78 is 0. The normalized spacial score (nSPS) is 18.7. The molecule has 0 bridgehead atoms. The lowest BCUT2D eigenvalue weighted by molar-refractivity contribution is 0.0710. The number of pyridine rings is 1. The van der Waals surface area contributed by atoms with Gasteiger partial charge in [-0.1, -0.05) is 22.9 Å². The molecule has 8 nitrogen and oxygen atoms in total. The van der Waals surface area contributed by atoms with Crippen molar-refractivity contribution in [1.29, 1.82) is 0 Å². The highest BCUT2D eigenvalue weighted by Gasteiger charge is 2.46. The maximum absolute atomic E-state index is 11.0. The molecular weight excluding hydrogens is 376 g/mol. The lowest BCUT2D eigenvalue weighted by Crippen LogP contribution is -2.60. The lowest BCUT2D eigenvalue weighted by atomic mass is 9.72. The summed E-state index contributed by atoms with van der Waals surface area (Å²) in [5.74, 6) is 0. The second-order valence-corrected chi connectivity index (χ2v) is 8.16. The number of piperidine rings is 1. The number of carbonyl (C=O) groups is 1. The molecule has 0 saturated carbocycles. The number of aromatic nitrogens is 3. The van der Waals surface area contributed by atoms with Gasteiger partial charge in [0.25, 0.3) is 0 Å². The van der Waals surface area contributed by atoms with Crippen LogP contribution in [0.5, 0.6) is 0 Å². The van der Waals surface area contributed by atoms with E-state index in [4.69, 9.17) is 16.7 Å². The topological polar surface area (TPSA) is 94.5 Å². The van der Waals surface area contributed by atoms with E-state index >= 15 is 0 Å². The minimum Gasteiger partial charge on any atom is -0.465 e. The number of hydrogen-bond acceptors (Lipinski definition) is 7. The van der Waals surface area contributed by atoms with Gasteiger partial charge in [-0.15, -0.1) is 10.2 Å². The van der Waals surface area contributed by atoms with Gasteiger partial charge in [-0.2, -0.15) is 0 Å². The van der Waals surface area contributed by atoms with Crippen molar-refractivity contribution in [3.8, 4) is 10.6 Å². The lowest BCUT2D eigenvalue weighted by Gasteiger charge is -2.53. The molecule has 2 aromatic rings. The molecular formula is C16H19ClN6O2S. The first-order chi connectivity index (χ1) is 12.5. The minimum absolute atomic E-state index is 0.218.